The van der Waals surface area contributed by atoms with Crippen molar-refractivity contribution in [2.24, 2.45) is 0 Å². The third-order valence-corrected chi connectivity index (χ3v) is 9.75. The van der Waals surface area contributed by atoms with Crippen LogP contribution in [0.1, 0.15) is 16.7 Å². The highest BCUT2D eigenvalue weighted by atomic mass is 28.4. The lowest BCUT2D eigenvalue weighted by molar-refractivity contribution is 0.593. The van der Waals surface area contributed by atoms with Crippen LogP contribution in [0.2, 0.25) is 13.1 Å². The predicted octanol–water partition coefficient (Wildman–Crippen LogP) is 2.86. The standard InChI is InChI=1S/C15H20OSi2/c1-18(2,16-17)15(13-9-5-3-6-10-13)14-11-7-4-8-12-14/h3-12,15H,1-2,17H3. The quantitative estimate of drug-likeness (QED) is 0.778. The molecular formula is C15H20OSi2. The van der Waals surface area contributed by atoms with E-state index in [1.54, 1.807) is 0 Å². The smallest absolute Gasteiger partial charge is 0.184 e. The van der Waals surface area contributed by atoms with Crippen LogP contribution >= 0.6 is 0 Å². The third-order valence-electron chi connectivity index (χ3n) is 3.49. The molecule has 0 atom stereocenters. The molecule has 0 N–H and O–H groups in total. The van der Waals surface area contributed by atoms with Crippen LogP contribution in [0.4, 0.5) is 0 Å². The van der Waals surface area contributed by atoms with Crippen LogP contribution in [0.3, 0.4) is 0 Å². The zero-order valence-corrected chi connectivity index (χ0v) is 14.3. The van der Waals surface area contributed by atoms with Crippen LogP contribution in [-0.2, 0) is 4.12 Å². The van der Waals surface area contributed by atoms with Crippen LogP contribution in [0, 0.1) is 0 Å². The normalized spacial score (nSPS) is 11.9. The van der Waals surface area contributed by atoms with Crippen molar-refractivity contribution in [1.29, 1.82) is 0 Å². The van der Waals surface area contributed by atoms with Crippen LogP contribution in [0.25, 0.3) is 0 Å². The summed E-state index contributed by atoms with van der Waals surface area (Å²) < 4.78 is 5.99. The van der Waals surface area contributed by atoms with Crippen LogP contribution < -0.4 is 0 Å². The molecule has 0 aliphatic heterocycles. The van der Waals surface area contributed by atoms with E-state index in [0.29, 0.717) is 5.54 Å². The molecule has 0 radical (unpaired) electrons. The molecule has 2 aromatic rings. The van der Waals surface area contributed by atoms with Crippen LogP contribution in [0.5, 0.6) is 0 Å². The maximum Gasteiger partial charge on any atom is 0.184 e. The number of benzene rings is 2. The van der Waals surface area contributed by atoms with Gasteiger partial charge in [0.2, 0.25) is 0 Å². The highest BCUT2D eigenvalue weighted by Crippen LogP contribution is 2.33. The first-order valence-corrected chi connectivity index (χ1v) is 10.1. The van der Waals surface area contributed by atoms with Crippen LogP contribution in [0.15, 0.2) is 60.7 Å². The Hall–Kier alpha value is -1.17. The molecule has 1 nitrogen and oxygen atoms in total. The molecule has 0 heterocycles. The largest absolute Gasteiger partial charge is 0.463 e. The van der Waals surface area contributed by atoms with E-state index >= 15 is 0 Å². The monoisotopic (exact) mass is 272 g/mol. The third kappa shape index (κ3) is 2.80. The minimum Gasteiger partial charge on any atom is -0.463 e. The second-order valence-corrected chi connectivity index (χ2v) is 10.5. The van der Waals surface area contributed by atoms with Gasteiger partial charge in [-0.2, -0.15) is 0 Å². The van der Waals surface area contributed by atoms with Gasteiger partial charge in [-0.25, -0.2) is 0 Å². The molecule has 2 aromatic carbocycles. The van der Waals surface area contributed by atoms with Crippen molar-refractivity contribution >= 4 is 18.8 Å². The van der Waals surface area contributed by atoms with E-state index in [-0.39, 0.29) is 0 Å². The van der Waals surface area contributed by atoms with Gasteiger partial charge < -0.3 is 4.12 Å². The second kappa shape index (κ2) is 5.65. The molecule has 94 valence electrons. The molecule has 0 bridgehead atoms. The van der Waals surface area contributed by atoms with Gasteiger partial charge in [0, 0.05) is 5.54 Å². The SMILES string of the molecule is C[Si](C)(O[SiH3])C(c1ccccc1)c1ccccc1. The summed E-state index contributed by atoms with van der Waals surface area (Å²) in [7, 11) is -0.917. The Labute approximate surface area is 113 Å². The van der Waals surface area contributed by atoms with E-state index in [4.69, 9.17) is 4.12 Å². The summed E-state index contributed by atoms with van der Waals surface area (Å²) in [6, 6.07) is 21.5. The Morgan fingerprint density at radius 3 is 1.56 bits per heavy atom. The zero-order chi connectivity index (χ0) is 13.0. The van der Waals surface area contributed by atoms with Gasteiger partial charge >= 0.3 is 0 Å². The van der Waals surface area contributed by atoms with E-state index in [1.807, 2.05) is 0 Å². The Balaban J connectivity index is 2.49. The van der Waals surface area contributed by atoms with Crippen molar-refractivity contribution in [2.45, 2.75) is 18.6 Å². The Morgan fingerprint density at radius 2 is 1.22 bits per heavy atom. The summed E-state index contributed by atoms with van der Waals surface area (Å²) >= 11 is 0. The molecule has 0 saturated heterocycles. The highest BCUT2D eigenvalue weighted by molar-refractivity contribution is 6.75. The first-order chi connectivity index (χ1) is 8.65. The van der Waals surface area contributed by atoms with Gasteiger partial charge in [-0.15, -0.1) is 0 Å². The fraction of sp³-hybridized carbons (Fsp3) is 0.200. The minimum absolute atomic E-state index is 0.414. The molecule has 0 unspecified atom stereocenters. The molecule has 0 spiro atoms. The lowest BCUT2D eigenvalue weighted by Crippen LogP contribution is -2.38. The Bertz CT molecular complexity index is 443. The first-order valence-electron chi connectivity index (χ1n) is 6.30. The van der Waals surface area contributed by atoms with E-state index in [9.17, 15) is 0 Å². The number of hydrogen-bond acceptors (Lipinski definition) is 1. The average Bonchev–Trinajstić information content (AvgIpc) is 2.41. The second-order valence-electron chi connectivity index (χ2n) is 5.06. The molecule has 0 amide bonds. The fourth-order valence-electron chi connectivity index (χ4n) is 2.40. The molecule has 3 heteroatoms. The highest BCUT2D eigenvalue weighted by Gasteiger charge is 2.34. The van der Waals surface area contributed by atoms with Crippen LogP contribution in [-0.4, -0.2) is 18.8 Å². The van der Waals surface area contributed by atoms with E-state index in [1.165, 1.54) is 11.1 Å². The van der Waals surface area contributed by atoms with Gasteiger partial charge in [0.05, 0.1) is 0 Å². The van der Waals surface area contributed by atoms with Crippen molar-refractivity contribution < 1.29 is 4.12 Å². The minimum atomic E-state index is -1.73. The van der Waals surface area contributed by atoms with Gasteiger partial charge in [0.15, 0.2) is 8.32 Å². The number of hydrogen-bond donors (Lipinski definition) is 0. The molecule has 0 aliphatic carbocycles. The maximum absolute atomic E-state index is 5.99. The lowest BCUT2D eigenvalue weighted by atomic mass is 10.0. The van der Waals surface area contributed by atoms with Gasteiger partial charge in [-0.1, -0.05) is 60.7 Å². The average molecular weight is 272 g/mol. The summed E-state index contributed by atoms with van der Waals surface area (Å²) in [6.45, 7) is 4.62. The van der Waals surface area contributed by atoms with Gasteiger partial charge in [0.25, 0.3) is 0 Å². The Morgan fingerprint density at radius 1 is 0.833 bits per heavy atom. The Kier molecular flexibility index (Phi) is 4.16. The summed E-state index contributed by atoms with van der Waals surface area (Å²) in [4.78, 5) is 0. The molecule has 2 rings (SSSR count). The zero-order valence-electron chi connectivity index (χ0n) is 11.3. The molecule has 0 fully saturated rings. The summed E-state index contributed by atoms with van der Waals surface area (Å²) in [5.41, 5.74) is 3.16. The summed E-state index contributed by atoms with van der Waals surface area (Å²) in [5.74, 6) is 0. The van der Waals surface area contributed by atoms with E-state index in [2.05, 4.69) is 73.8 Å². The van der Waals surface area contributed by atoms with Crippen molar-refractivity contribution in [1.82, 2.24) is 0 Å². The molecule has 0 saturated carbocycles. The molecule has 0 aromatic heterocycles. The van der Waals surface area contributed by atoms with Crippen molar-refractivity contribution in [3.63, 3.8) is 0 Å². The fourth-order valence-corrected chi connectivity index (χ4v) is 5.34. The van der Waals surface area contributed by atoms with E-state index in [0.717, 1.165) is 10.5 Å². The molecular weight excluding hydrogens is 252 g/mol. The van der Waals surface area contributed by atoms with E-state index < -0.39 is 8.32 Å². The first kappa shape index (κ1) is 13.3. The predicted molar refractivity (Wildman–Crippen MR) is 83.2 cm³/mol. The maximum atomic E-state index is 5.99. The van der Waals surface area contributed by atoms with Gasteiger partial charge in [0.1, 0.15) is 10.5 Å². The topological polar surface area (TPSA) is 9.23 Å². The van der Waals surface area contributed by atoms with Crippen molar-refractivity contribution in [3.05, 3.63) is 71.8 Å². The lowest BCUT2D eigenvalue weighted by Gasteiger charge is -2.32. The van der Waals surface area contributed by atoms with Crippen molar-refractivity contribution in [2.75, 3.05) is 0 Å². The number of rotatable bonds is 4. The summed E-state index contributed by atoms with van der Waals surface area (Å²) in [6.07, 6.45) is 0. The summed E-state index contributed by atoms with van der Waals surface area (Å²) in [5, 5.41) is 0. The van der Waals surface area contributed by atoms with Crippen molar-refractivity contribution in [3.8, 4) is 0 Å². The molecule has 0 aliphatic rings. The van der Waals surface area contributed by atoms with Gasteiger partial charge in [-0.05, 0) is 24.2 Å². The molecule has 18 heavy (non-hydrogen) atoms. The van der Waals surface area contributed by atoms with Gasteiger partial charge in [-0.3, -0.25) is 0 Å².